The monoisotopic (exact) mass is 402 g/mol. The second-order valence-corrected chi connectivity index (χ2v) is 7.10. The fourth-order valence-electron chi connectivity index (χ4n) is 3.23. The van der Waals surface area contributed by atoms with Crippen LogP contribution in [0.2, 0.25) is 0 Å². The summed E-state index contributed by atoms with van der Waals surface area (Å²) in [6, 6.07) is 24.4. The number of carbonyl (C=O) groups is 2. The Bertz CT molecular complexity index is 1000. The van der Waals surface area contributed by atoms with E-state index in [1.54, 1.807) is 24.3 Å². The van der Waals surface area contributed by atoms with Crippen LogP contribution in [0.5, 0.6) is 5.75 Å². The third-order valence-corrected chi connectivity index (χ3v) is 4.82. The molecule has 0 aliphatic rings. The van der Waals surface area contributed by atoms with Gasteiger partial charge in [-0.05, 0) is 42.7 Å². The zero-order valence-electron chi connectivity index (χ0n) is 17.2. The molecule has 3 aromatic rings. The number of para-hydroxylation sites is 1. The van der Waals surface area contributed by atoms with Crippen LogP contribution in [0.4, 0.5) is 0 Å². The van der Waals surface area contributed by atoms with E-state index >= 15 is 0 Å². The van der Waals surface area contributed by atoms with Crippen molar-refractivity contribution in [1.29, 1.82) is 0 Å². The van der Waals surface area contributed by atoms with E-state index < -0.39 is 0 Å². The van der Waals surface area contributed by atoms with Gasteiger partial charge < -0.3 is 15.4 Å². The van der Waals surface area contributed by atoms with Gasteiger partial charge in [0, 0.05) is 6.54 Å². The van der Waals surface area contributed by atoms with Gasteiger partial charge in [0.1, 0.15) is 5.75 Å². The van der Waals surface area contributed by atoms with Crippen LogP contribution in [-0.4, -0.2) is 18.4 Å². The lowest BCUT2D eigenvalue weighted by molar-refractivity contribution is -0.123. The van der Waals surface area contributed by atoms with E-state index in [1.165, 1.54) is 0 Å². The first-order chi connectivity index (χ1) is 14.5. The molecular formula is C25H26N2O3. The number of rotatable bonds is 8. The van der Waals surface area contributed by atoms with E-state index in [2.05, 4.69) is 10.6 Å². The highest BCUT2D eigenvalue weighted by molar-refractivity contribution is 5.97. The highest BCUT2D eigenvalue weighted by Crippen LogP contribution is 2.19. The number of amides is 2. The summed E-state index contributed by atoms with van der Waals surface area (Å²) in [5, 5.41) is 5.82. The molecule has 0 aliphatic heterocycles. The van der Waals surface area contributed by atoms with E-state index in [0.29, 0.717) is 17.9 Å². The predicted molar refractivity (Wildman–Crippen MR) is 117 cm³/mol. The molecule has 30 heavy (non-hydrogen) atoms. The Morgan fingerprint density at radius 3 is 2.33 bits per heavy atom. The van der Waals surface area contributed by atoms with E-state index in [9.17, 15) is 9.59 Å². The molecule has 0 aliphatic carbocycles. The summed E-state index contributed by atoms with van der Waals surface area (Å²) in [5.41, 5.74) is 3.58. The molecule has 5 heteroatoms. The molecule has 0 saturated carbocycles. The highest BCUT2D eigenvalue weighted by atomic mass is 16.5. The number of nitrogens with one attached hydrogen (secondary N) is 2. The van der Waals surface area contributed by atoms with E-state index in [0.717, 1.165) is 16.7 Å². The Labute approximate surface area is 177 Å². The third-order valence-electron chi connectivity index (χ3n) is 4.82. The van der Waals surface area contributed by atoms with Crippen molar-refractivity contribution in [2.75, 3.05) is 6.61 Å². The summed E-state index contributed by atoms with van der Waals surface area (Å²) in [6.45, 7) is 4.20. The normalized spacial score (nSPS) is 11.4. The average molecular weight is 402 g/mol. The number of aryl methyl sites for hydroxylation is 1. The van der Waals surface area contributed by atoms with Gasteiger partial charge in [-0.1, -0.05) is 66.7 Å². The lowest BCUT2D eigenvalue weighted by atomic mass is 10.0. The van der Waals surface area contributed by atoms with Gasteiger partial charge in [-0.15, -0.1) is 0 Å². The summed E-state index contributed by atoms with van der Waals surface area (Å²) < 4.78 is 5.67. The van der Waals surface area contributed by atoms with Crippen LogP contribution in [0, 0.1) is 6.92 Å². The first-order valence-corrected chi connectivity index (χ1v) is 9.93. The minimum absolute atomic E-state index is 0.133. The zero-order chi connectivity index (χ0) is 21.3. The van der Waals surface area contributed by atoms with Gasteiger partial charge in [-0.3, -0.25) is 9.59 Å². The van der Waals surface area contributed by atoms with Crippen LogP contribution >= 0.6 is 0 Å². The van der Waals surface area contributed by atoms with Gasteiger partial charge in [0.25, 0.3) is 11.8 Å². The SMILES string of the molecule is Cc1ccccc1C(C)NC(=O)COc1ccccc1C(=O)NCc1ccccc1. The standard InChI is InChI=1S/C25H26N2O3/c1-18-10-6-7-13-21(18)19(2)27-24(28)17-30-23-15-9-8-14-22(23)25(29)26-16-20-11-4-3-5-12-20/h3-15,19H,16-17H2,1-2H3,(H,26,29)(H,27,28). The number of ether oxygens (including phenoxy) is 1. The maximum Gasteiger partial charge on any atom is 0.258 e. The van der Waals surface area contributed by atoms with E-state index in [4.69, 9.17) is 4.74 Å². The van der Waals surface area contributed by atoms with Gasteiger partial charge >= 0.3 is 0 Å². The van der Waals surface area contributed by atoms with Crippen LogP contribution in [0.1, 0.15) is 40.0 Å². The Morgan fingerprint density at radius 2 is 1.57 bits per heavy atom. The Balaban J connectivity index is 1.57. The lowest BCUT2D eigenvalue weighted by Crippen LogP contribution is -2.32. The molecule has 1 unspecified atom stereocenters. The van der Waals surface area contributed by atoms with Crippen molar-refractivity contribution in [2.24, 2.45) is 0 Å². The first-order valence-electron chi connectivity index (χ1n) is 9.93. The van der Waals surface area contributed by atoms with Crippen molar-refractivity contribution in [1.82, 2.24) is 10.6 Å². The summed E-state index contributed by atoms with van der Waals surface area (Å²) >= 11 is 0. The smallest absolute Gasteiger partial charge is 0.258 e. The zero-order valence-corrected chi connectivity index (χ0v) is 17.2. The molecule has 0 radical (unpaired) electrons. The predicted octanol–water partition coefficient (Wildman–Crippen LogP) is 4.18. The molecule has 2 N–H and O–H groups in total. The molecule has 3 rings (SSSR count). The van der Waals surface area contributed by atoms with Gasteiger partial charge in [-0.25, -0.2) is 0 Å². The highest BCUT2D eigenvalue weighted by Gasteiger charge is 2.15. The van der Waals surface area contributed by atoms with Crippen LogP contribution in [0.3, 0.4) is 0 Å². The molecule has 0 bridgehead atoms. The van der Waals surface area contributed by atoms with Crippen LogP contribution in [0.15, 0.2) is 78.9 Å². The molecule has 0 fully saturated rings. The van der Waals surface area contributed by atoms with Gasteiger partial charge in [0.05, 0.1) is 11.6 Å². The van der Waals surface area contributed by atoms with Gasteiger partial charge in [-0.2, -0.15) is 0 Å². The fraction of sp³-hybridized carbons (Fsp3) is 0.200. The first kappa shape index (κ1) is 21.1. The lowest BCUT2D eigenvalue weighted by Gasteiger charge is -2.17. The summed E-state index contributed by atoms with van der Waals surface area (Å²) in [5.74, 6) is -0.116. The Kier molecular flexibility index (Phi) is 7.22. The van der Waals surface area contributed by atoms with Crippen molar-refractivity contribution in [3.63, 3.8) is 0 Å². The minimum Gasteiger partial charge on any atom is -0.483 e. The van der Waals surface area contributed by atoms with Crippen LogP contribution in [0.25, 0.3) is 0 Å². The maximum absolute atomic E-state index is 12.6. The molecule has 2 amide bonds. The topological polar surface area (TPSA) is 67.4 Å². The number of hydrogen-bond acceptors (Lipinski definition) is 3. The van der Waals surface area contributed by atoms with Crippen molar-refractivity contribution in [2.45, 2.75) is 26.4 Å². The summed E-state index contributed by atoms with van der Waals surface area (Å²) in [7, 11) is 0. The third kappa shape index (κ3) is 5.70. The van der Waals surface area contributed by atoms with E-state index in [1.807, 2.05) is 68.4 Å². The number of carbonyl (C=O) groups excluding carboxylic acids is 2. The van der Waals surface area contributed by atoms with Gasteiger partial charge in [0.15, 0.2) is 6.61 Å². The molecule has 1 atom stereocenters. The molecular weight excluding hydrogens is 376 g/mol. The second-order valence-electron chi connectivity index (χ2n) is 7.10. The van der Waals surface area contributed by atoms with E-state index in [-0.39, 0.29) is 24.5 Å². The summed E-state index contributed by atoms with van der Waals surface area (Å²) in [6.07, 6.45) is 0. The Morgan fingerprint density at radius 1 is 0.900 bits per heavy atom. The average Bonchev–Trinajstić information content (AvgIpc) is 2.77. The Hall–Kier alpha value is -3.60. The number of benzene rings is 3. The quantitative estimate of drug-likeness (QED) is 0.594. The van der Waals surface area contributed by atoms with Crippen LogP contribution < -0.4 is 15.4 Å². The van der Waals surface area contributed by atoms with Crippen LogP contribution in [-0.2, 0) is 11.3 Å². The molecule has 0 saturated heterocycles. The van der Waals surface area contributed by atoms with Crippen molar-refractivity contribution < 1.29 is 14.3 Å². The molecule has 3 aromatic carbocycles. The fourth-order valence-corrected chi connectivity index (χ4v) is 3.23. The van der Waals surface area contributed by atoms with Crippen molar-refractivity contribution >= 4 is 11.8 Å². The van der Waals surface area contributed by atoms with Gasteiger partial charge in [0.2, 0.25) is 0 Å². The van der Waals surface area contributed by atoms with Crippen molar-refractivity contribution in [3.05, 3.63) is 101 Å². The minimum atomic E-state index is -0.247. The van der Waals surface area contributed by atoms with Crippen molar-refractivity contribution in [3.8, 4) is 5.75 Å². The molecule has 5 nitrogen and oxygen atoms in total. The molecule has 0 heterocycles. The second kappa shape index (κ2) is 10.3. The molecule has 0 aromatic heterocycles. The summed E-state index contributed by atoms with van der Waals surface area (Å²) in [4.78, 5) is 25.0. The number of hydrogen-bond donors (Lipinski definition) is 2. The maximum atomic E-state index is 12.6. The molecule has 0 spiro atoms. The largest absolute Gasteiger partial charge is 0.483 e. The molecule has 154 valence electrons.